The van der Waals surface area contributed by atoms with Gasteiger partial charge in [-0.3, -0.25) is 9.69 Å². The zero-order valence-corrected chi connectivity index (χ0v) is 12.4. The first-order chi connectivity index (χ1) is 8.86. The molecule has 106 valence electrons. The van der Waals surface area contributed by atoms with Gasteiger partial charge in [-0.05, 0) is 41.4 Å². The standard InChI is InChI=1S/C13H16BrF2NO2/c1-3-8(2)17(7-12(18)19)6-9-11(15)5-4-10(14)13(9)16/h4-5,8H,3,6-7H2,1-2H3,(H,18,19). The first kappa shape index (κ1) is 16.0. The average molecular weight is 336 g/mol. The van der Waals surface area contributed by atoms with Crippen molar-refractivity contribution < 1.29 is 18.7 Å². The van der Waals surface area contributed by atoms with E-state index >= 15 is 0 Å². The number of halogens is 3. The van der Waals surface area contributed by atoms with Crippen molar-refractivity contribution in [2.45, 2.75) is 32.9 Å². The number of benzene rings is 1. The van der Waals surface area contributed by atoms with Crippen molar-refractivity contribution in [3.63, 3.8) is 0 Å². The normalized spacial score (nSPS) is 12.7. The van der Waals surface area contributed by atoms with Crippen molar-refractivity contribution in [1.29, 1.82) is 0 Å². The van der Waals surface area contributed by atoms with Gasteiger partial charge in [0, 0.05) is 18.2 Å². The molecule has 0 aromatic heterocycles. The van der Waals surface area contributed by atoms with E-state index in [1.165, 1.54) is 11.0 Å². The topological polar surface area (TPSA) is 40.5 Å². The van der Waals surface area contributed by atoms with Crippen molar-refractivity contribution in [2.24, 2.45) is 0 Å². The molecule has 1 aromatic carbocycles. The average Bonchev–Trinajstić information content (AvgIpc) is 2.36. The summed E-state index contributed by atoms with van der Waals surface area (Å²) in [5.74, 6) is -2.37. The molecule has 0 amide bonds. The van der Waals surface area contributed by atoms with E-state index in [0.29, 0.717) is 6.42 Å². The maximum absolute atomic E-state index is 13.9. The molecule has 1 atom stereocenters. The lowest BCUT2D eigenvalue weighted by Crippen LogP contribution is -2.37. The third-order valence-electron chi connectivity index (χ3n) is 3.05. The zero-order valence-electron chi connectivity index (χ0n) is 10.8. The summed E-state index contributed by atoms with van der Waals surface area (Å²) in [5.41, 5.74) is -0.115. The second-order valence-corrected chi connectivity index (χ2v) is 5.23. The van der Waals surface area contributed by atoms with Crippen LogP contribution in [0.3, 0.4) is 0 Å². The summed E-state index contributed by atoms with van der Waals surface area (Å²) in [6.07, 6.45) is 0.699. The van der Waals surface area contributed by atoms with E-state index in [2.05, 4.69) is 15.9 Å². The van der Waals surface area contributed by atoms with E-state index in [9.17, 15) is 13.6 Å². The Morgan fingerprint density at radius 2 is 2.11 bits per heavy atom. The van der Waals surface area contributed by atoms with Gasteiger partial charge >= 0.3 is 5.97 Å². The van der Waals surface area contributed by atoms with E-state index in [1.54, 1.807) is 0 Å². The van der Waals surface area contributed by atoms with Gasteiger partial charge in [0.2, 0.25) is 0 Å². The Morgan fingerprint density at radius 3 is 2.63 bits per heavy atom. The largest absolute Gasteiger partial charge is 0.480 e. The molecule has 0 fully saturated rings. The van der Waals surface area contributed by atoms with Crippen LogP contribution in [0.4, 0.5) is 8.78 Å². The summed E-state index contributed by atoms with van der Waals surface area (Å²) >= 11 is 3.00. The lowest BCUT2D eigenvalue weighted by molar-refractivity contribution is -0.139. The third-order valence-corrected chi connectivity index (χ3v) is 3.67. The molecule has 19 heavy (non-hydrogen) atoms. The number of rotatable bonds is 6. The lowest BCUT2D eigenvalue weighted by Gasteiger charge is -2.27. The summed E-state index contributed by atoms with van der Waals surface area (Å²) in [6.45, 7) is 3.41. The van der Waals surface area contributed by atoms with Crippen LogP contribution < -0.4 is 0 Å². The van der Waals surface area contributed by atoms with Crippen LogP contribution in [0.1, 0.15) is 25.8 Å². The van der Waals surface area contributed by atoms with Crippen LogP contribution in [0, 0.1) is 11.6 Å². The Labute approximate surface area is 119 Å². The smallest absolute Gasteiger partial charge is 0.317 e. The number of carbonyl (C=O) groups is 1. The Bertz CT molecular complexity index is 468. The number of aliphatic carboxylic acids is 1. The predicted molar refractivity (Wildman–Crippen MR) is 71.9 cm³/mol. The Hall–Kier alpha value is -1.01. The summed E-state index contributed by atoms with van der Waals surface area (Å²) in [5, 5.41) is 8.86. The minimum Gasteiger partial charge on any atom is -0.480 e. The predicted octanol–water partition coefficient (Wildman–Crippen LogP) is 3.41. The fourth-order valence-corrected chi connectivity index (χ4v) is 2.09. The summed E-state index contributed by atoms with van der Waals surface area (Å²) in [7, 11) is 0. The molecular weight excluding hydrogens is 320 g/mol. The fraction of sp³-hybridized carbons (Fsp3) is 0.462. The Morgan fingerprint density at radius 1 is 1.47 bits per heavy atom. The summed E-state index contributed by atoms with van der Waals surface area (Å²) in [6, 6.07) is 2.38. The van der Waals surface area contributed by atoms with E-state index in [1.807, 2.05) is 13.8 Å². The van der Waals surface area contributed by atoms with E-state index in [-0.39, 0.29) is 29.2 Å². The number of nitrogens with zero attached hydrogens (tertiary/aromatic N) is 1. The van der Waals surface area contributed by atoms with Gasteiger partial charge in [0.15, 0.2) is 0 Å². The summed E-state index contributed by atoms with van der Waals surface area (Å²) in [4.78, 5) is 12.4. The van der Waals surface area contributed by atoms with Gasteiger partial charge in [0.25, 0.3) is 0 Å². The number of carboxylic acids is 1. The summed E-state index contributed by atoms with van der Waals surface area (Å²) < 4.78 is 27.7. The van der Waals surface area contributed by atoms with Crippen molar-refractivity contribution in [3.05, 3.63) is 33.8 Å². The monoisotopic (exact) mass is 335 g/mol. The van der Waals surface area contributed by atoms with Crippen LogP contribution in [-0.4, -0.2) is 28.6 Å². The number of hydrogen-bond donors (Lipinski definition) is 1. The highest BCUT2D eigenvalue weighted by molar-refractivity contribution is 9.10. The molecule has 3 nitrogen and oxygen atoms in total. The molecule has 1 rings (SSSR count). The van der Waals surface area contributed by atoms with Crippen LogP contribution >= 0.6 is 15.9 Å². The van der Waals surface area contributed by atoms with Crippen LogP contribution in [0.5, 0.6) is 0 Å². The van der Waals surface area contributed by atoms with Crippen LogP contribution in [0.25, 0.3) is 0 Å². The Balaban J connectivity index is 3.02. The van der Waals surface area contributed by atoms with Gasteiger partial charge in [0.05, 0.1) is 11.0 Å². The molecule has 0 spiro atoms. The first-order valence-corrected chi connectivity index (χ1v) is 6.74. The fourth-order valence-electron chi connectivity index (χ4n) is 1.72. The van der Waals surface area contributed by atoms with Gasteiger partial charge in [-0.2, -0.15) is 0 Å². The second-order valence-electron chi connectivity index (χ2n) is 4.38. The molecule has 0 saturated carbocycles. The van der Waals surface area contributed by atoms with Gasteiger partial charge in [-0.15, -0.1) is 0 Å². The number of carboxylic acid groups (broad SMARTS) is 1. The van der Waals surface area contributed by atoms with Crippen LogP contribution in [0.2, 0.25) is 0 Å². The van der Waals surface area contributed by atoms with Gasteiger partial charge in [-0.1, -0.05) is 6.92 Å². The highest BCUT2D eigenvalue weighted by atomic mass is 79.9. The number of hydrogen-bond acceptors (Lipinski definition) is 2. The van der Waals surface area contributed by atoms with Crippen molar-refractivity contribution >= 4 is 21.9 Å². The van der Waals surface area contributed by atoms with Gasteiger partial charge in [0.1, 0.15) is 11.6 Å². The van der Waals surface area contributed by atoms with Crippen LogP contribution in [-0.2, 0) is 11.3 Å². The van der Waals surface area contributed by atoms with E-state index < -0.39 is 17.6 Å². The molecular formula is C13H16BrF2NO2. The molecule has 1 aromatic rings. The van der Waals surface area contributed by atoms with E-state index in [4.69, 9.17) is 5.11 Å². The minimum atomic E-state index is -1.02. The van der Waals surface area contributed by atoms with E-state index in [0.717, 1.165) is 6.07 Å². The molecule has 0 aliphatic rings. The highest BCUT2D eigenvalue weighted by Gasteiger charge is 2.20. The molecule has 0 aliphatic carbocycles. The molecule has 1 unspecified atom stereocenters. The molecule has 6 heteroatoms. The lowest BCUT2D eigenvalue weighted by atomic mass is 10.1. The van der Waals surface area contributed by atoms with Gasteiger partial charge in [-0.25, -0.2) is 8.78 Å². The maximum atomic E-state index is 13.9. The molecule has 1 N–H and O–H groups in total. The molecule has 0 heterocycles. The third kappa shape index (κ3) is 4.24. The highest BCUT2D eigenvalue weighted by Crippen LogP contribution is 2.23. The second kappa shape index (κ2) is 6.96. The Kier molecular flexibility index (Phi) is 5.87. The first-order valence-electron chi connectivity index (χ1n) is 5.95. The molecule has 0 radical (unpaired) electrons. The van der Waals surface area contributed by atoms with Crippen molar-refractivity contribution in [3.8, 4) is 0 Å². The zero-order chi connectivity index (χ0) is 14.6. The molecule has 0 saturated heterocycles. The SMILES string of the molecule is CCC(C)N(CC(=O)O)Cc1c(F)ccc(Br)c1F. The minimum absolute atomic E-state index is 0.0710. The molecule has 0 aliphatic heterocycles. The van der Waals surface area contributed by atoms with Gasteiger partial charge < -0.3 is 5.11 Å². The maximum Gasteiger partial charge on any atom is 0.317 e. The van der Waals surface area contributed by atoms with Crippen LogP contribution in [0.15, 0.2) is 16.6 Å². The van der Waals surface area contributed by atoms with Crippen molar-refractivity contribution in [2.75, 3.05) is 6.54 Å². The van der Waals surface area contributed by atoms with Crippen molar-refractivity contribution in [1.82, 2.24) is 4.90 Å². The quantitative estimate of drug-likeness (QED) is 0.810. The molecule has 0 bridgehead atoms.